The molecule has 1 N–H and O–H groups in total. The number of carbonyl (C=O) groups is 1. The van der Waals surface area contributed by atoms with Crippen molar-refractivity contribution in [1.82, 2.24) is 4.90 Å². The van der Waals surface area contributed by atoms with E-state index in [4.69, 9.17) is 0 Å². The molecule has 1 aliphatic rings. The number of carbonyl (C=O) groups excluding carboxylic acids is 1. The molecule has 0 aliphatic carbocycles. The van der Waals surface area contributed by atoms with Crippen LogP contribution in [0.3, 0.4) is 0 Å². The SMILES string of the molecule is Cc1cc(F)cc(C(=O)N2CCC(C(C)O)CC2)c1. The predicted molar refractivity (Wildman–Crippen MR) is 71.4 cm³/mol. The standard InChI is InChI=1S/C15H20FNO2/c1-10-7-13(9-14(16)8-10)15(19)17-5-3-12(4-6-17)11(2)18/h7-9,11-12,18H,3-6H2,1-2H3. The lowest BCUT2D eigenvalue weighted by Crippen LogP contribution is -2.40. The summed E-state index contributed by atoms with van der Waals surface area (Å²) in [6.45, 7) is 4.82. The summed E-state index contributed by atoms with van der Waals surface area (Å²) in [5, 5.41) is 9.54. The molecule has 0 spiro atoms. The number of aryl methyl sites for hydroxylation is 1. The third-order valence-corrected chi connectivity index (χ3v) is 3.80. The van der Waals surface area contributed by atoms with E-state index in [-0.39, 0.29) is 23.7 Å². The Morgan fingerprint density at radius 3 is 2.53 bits per heavy atom. The number of likely N-dealkylation sites (tertiary alicyclic amines) is 1. The summed E-state index contributed by atoms with van der Waals surface area (Å²) in [7, 11) is 0. The van der Waals surface area contributed by atoms with Crippen molar-refractivity contribution in [2.45, 2.75) is 32.8 Å². The van der Waals surface area contributed by atoms with Gasteiger partial charge in [-0.05, 0) is 56.4 Å². The van der Waals surface area contributed by atoms with Crippen LogP contribution in [0.25, 0.3) is 0 Å². The monoisotopic (exact) mass is 265 g/mol. The second-order valence-corrected chi connectivity index (χ2v) is 5.39. The third kappa shape index (κ3) is 3.32. The Balaban J connectivity index is 2.05. The molecule has 2 rings (SSSR count). The van der Waals surface area contributed by atoms with E-state index in [9.17, 15) is 14.3 Å². The second kappa shape index (κ2) is 5.70. The Kier molecular flexibility index (Phi) is 4.20. The average molecular weight is 265 g/mol. The van der Waals surface area contributed by atoms with Crippen molar-refractivity contribution in [3.63, 3.8) is 0 Å². The smallest absolute Gasteiger partial charge is 0.253 e. The summed E-state index contributed by atoms with van der Waals surface area (Å²) in [5.74, 6) is -0.229. The average Bonchev–Trinajstić information content (AvgIpc) is 2.37. The van der Waals surface area contributed by atoms with Crippen LogP contribution < -0.4 is 0 Å². The van der Waals surface area contributed by atoms with Crippen molar-refractivity contribution in [2.75, 3.05) is 13.1 Å². The molecule has 19 heavy (non-hydrogen) atoms. The first-order valence-corrected chi connectivity index (χ1v) is 6.72. The van der Waals surface area contributed by atoms with Crippen molar-refractivity contribution in [1.29, 1.82) is 0 Å². The first-order chi connectivity index (χ1) is 8.97. The lowest BCUT2D eigenvalue weighted by molar-refractivity contribution is 0.0521. The van der Waals surface area contributed by atoms with Gasteiger partial charge in [0, 0.05) is 18.7 Å². The van der Waals surface area contributed by atoms with Crippen LogP contribution in [0.5, 0.6) is 0 Å². The van der Waals surface area contributed by atoms with E-state index in [1.54, 1.807) is 24.8 Å². The van der Waals surface area contributed by atoms with Crippen molar-refractivity contribution in [3.8, 4) is 0 Å². The van der Waals surface area contributed by atoms with Crippen LogP contribution in [-0.4, -0.2) is 35.1 Å². The summed E-state index contributed by atoms with van der Waals surface area (Å²) in [4.78, 5) is 14.0. The van der Waals surface area contributed by atoms with Crippen LogP contribution >= 0.6 is 0 Å². The van der Waals surface area contributed by atoms with Crippen LogP contribution in [0.2, 0.25) is 0 Å². The van der Waals surface area contributed by atoms with Gasteiger partial charge in [0.1, 0.15) is 5.82 Å². The molecule has 4 heteroatoms. The molecule has 0 bridgehead atoms. The largest absolute Gasteiger partial charge is 0.393 e. The molecule has 1 amide bonds. The number of amides is 1. The predicted octanol–water partition coefficient (Wildman–Crippen LogP) is 2.37. The van der Waals surface area contributed by atoms with Crippen molar-refractivity contribution in [2.24, 2.45) is 5.92 Å². The number of hydrogen-bond donors (Lipinski definition) is 1. The molecule has 0 aromatic heterocycles. The van der Waals surface area contributed by atoms with Gasteiger partial charge in [0.05, 0.1) is 6.10 Å². The number of aliphatic hydroxyl groups is 1. The number of hydrogen-bond acceptors (Lipinski definition) is 2. The molecule has 1 unspecified atom stereocenters. The molecule has 1 aliphatic heterocycles. The highest BCUT2D eigenvalue weighted by Gasteiger charge is 2.26. The molecule has 1 saturated heterocycles. The lowest BCUT2D eigenvalue weighted by Gasteiger charge is -2.33. The van der Waals surface area contributed by atoms with E-state index in [0.29, 0.717) is 18.7 Å². The van der Waals surface area contributed by atoms with Gasteiger partial charge in [-0.15, -0.1) is 0 Å². The summed E-state index contributed by atoms with van der Waals surface area (Å²) in [6, 6.07) is 4.42. The van der Waals surface area contributed by atoms with Gasteiger partial charge in [-0.25, -0.2) is 4.39 Å². The highest BCUT2D eigenvalue weighted by atomic mass is 19.1. The summed E-state index contributed by atoms with van der Waals surface area (Å²) >= 11 is 0. The normalized spacial score (nSPS) is 18.4. The summed E-state index contributed by atoms with van der Waals surface area (Å²) < 4.78 is 13.3. The Morgan fingerprint density at radius 1 is 1.37 bits per heavy atom. The van der Waals surface area contributed by atoms with Gasteiger partial charge in [-0.3, -0.25) is 4.79 Å². The van der Waals surface area contributed by atoms with Crippen molar-refractivity contribution < 1.29 is 14.3 Å². The van der Waals surface area contributed by atoms with Crippen molar-refractivity contribution >= 4 is 5.91 Å². The number of rotatable bonds is 2. The van der Waals surface area contributed by atoms with Gasteiger partial charge < -0.3 is 10.0 Å². The van der Waals surface area contributed by atoms with Crippen LogP contribution in [0, 0.1) is 18.7 Å². The Hall–Kier alpha value is -1.42. The van der Waals surface area contributed by atoms with Crippen LogP contribution in [-0.2, 0) is 0 Å². The van der Waals surface area contributed by atoms with Gasteiger partial charge in [-0.2, -0.15) is 0 Å². The number of nitrogens with zero attached hydrogens (tertiary/aromatic N) is 1. The van der Waals surface area contributed by atoms with E-state index in [1.165, 1.54) is 12.1 Å². The minimum Gasteiger partial charge on any atom is -0.393 e. The molecule has 0 radical (unpaired) electrons. The fourth-order valence-corrected chi connectivity index (χ4v) is 2.63. The molecular formula is C15H20FNO2. The van der Waals surface area contributed by atoms with E-state index in [2.05, 4.69) is 0 Å². The van der Waals surface area contributed by atoms with Crippen molar-refractivity contribution in [3.05, 3.63) is 35.1 Å². The lowest BCUT2D eigenvalue weighted by atomic mass is 9.92. The maximum Gasteiger partial charge on any atom is 0.253 e. The zero-order valence-electron chi connectivity index (χ0n) is 11.4. The Morgan fingerprint density at radius 2 is 2.00 bits per heavy atom. The number of halogens is 1. The molecule has 1 fully saturated rings. The fourth-order valence-electron chi connectivity index (χ4n) is 2.63. The molecule has 1 aromatic carbocycles. The minimum absolute atomic E-state index is 0.119. The first kappa shape index (κ1) is 14.0. The molecule has 1 aromatic rings. The van der Waals surface area contributed by atoms with E-state index in [0.717, 1.165) is 18.4 Å². The topological polar surface area (TPSA) is 40.5 Å². The van der Waals surface area contributed by atoms with Crippen LogP contribution in [0.15, 0.2) is 18.2 Å². The van der Waals surface area contributed by atoms with Crippen LogP contribution in [0.4, 0.5) is 4.39 Å². The Labute approximate surface area is 113 Å². The molecule has 104 valence electrons. The van der Waals surface area contributed by atoms with E-state index in [1.807, 2.05) is 0 Å². The van der Waals surface area contributed by atoms with Gasteiger partial charge in [-0.1, -0.05) is 0 Å². The molecule has 1 atom stereocenters. The zero-order valence-corrected chi connectivity index (χ0v) is 11.4. The maximum atomic E-state index is 13.3. The highest BCUT2D eigenvalue weighted by Crippen LogP contribution is 2.22. The summed E-state index contributed by atoms with van der Waals surface area (Å²) in [5.41, 5.74) is 1.16. The fraction of sp³-hybridized carbons (Fsp3) is 0.533. The third-order valence-electron chi connectivity index (χ3n) is 3.80. The molecular weight excluding hydrogens is 245 g/mol. The second-order valence-electron chi connectivity index (χ2n) is 5.39. The van der Waals surface area contributed by atoms with Gasteiger partial charge >= 0.3 is 0 Å². The number of aliphatic hydroxyl groups excluding tert-OH is 1. The quantitative estimate of drug-likeness (QED) is 0.891. The van der Waals surface area contributed by atoms with Crippen LogP contribution in [0.1, 0.15) is 35.7 Å². The van der Waals surface area contributed by atoms with E-state index < -0.39 is 0 Å². The first-order valence-electron chi connectivity index (χ1n) is 6.72. The zero-order chi connectivity index (χ0) is 14.0. The molecule has 3 nitrogen and oxygen atoms in total. The summed E-state index contributed by atoms with van der Waals surface area (Å²) in [6.07, 6.45) is 1.28. The van der Waals surface area contributed by atoms with Gasteiger partial charge in [0.25, 0.3) is 5.91 Å². The Bertz CT molecular complexity index is 445. The number of benzene rings is 1. The maximum absolute atomic E-state index is 13.3. The minimum atomic E-state index is -0.373. The number of piperidine rings is 1. The van der Waals surface area contributed by atoms with Gasteiger partial charge in [0.2, 0.25) is 0 Å². The molecule has 0 saturated carbocycles. The highest BCUT2D eigenvalue weighted by molar-refractivity contribution is 5.94. The van der Waals surface area contributed by atoms with E-state index >= 15 is 0 Å². The van der Waals surface area contributed by atoms with Gasteiger partial charge in [0.15, 0.2) is 0 Å². The molecule has 1 heterocycles.